The van der Waals surface area contributed by atoms with Crippen LogP contribution in [0.25, 0.3) is 0 Å². The lowest BCUT2D eigenvalue weighted by molar-refractivity contribution is 0.135. The molecule has 2 rings (SSSR count). The third-order valence-electron chi connectivity index (χ3n) is 3.40. The SMILES string of the molecule is CN=C(NCCCOCCc1ccccc1)NCc1ccsc1.I. The van der Waals surface area contributed by atoms with E-state index in [1.165, 1.54) is 11.1 Å². The number of nitrogens with zero attached hydrogens (tertiary/aromatic N) is 1. The summed E-state index contributed by atoms with van der Waals surface area (Å²) in [7, 11) is 1.79. The highest BCUT2D eigenvalue weighted by Crippen LogP contribution is 2.04. The minimum absolute atomic E-state index is 0. The van der Waals surface area contributed by atoms with Crippen LogP contribution in [0, 0.1) is 0 Å². The van der Waals surface area contributed by atoms with Gasteiger partial charge in [-0.2, -0.15) is 11.3 Å². The largest absolute Gasteiger partial charge is 0.381 e. The van der Waals surface area contributed by atoms with Crippen LogP contribution in [-0.2, 0) is 17.7 Å². The number of rotatable bonds is 9. The normalized spacial score (nSPS) is 11.0. The van der Waals surface area contributed by atoms with Crippen LogP contribution in [0.5, 0.6) is 0 Å². The second kappa shape index (κ2) is 13.2. The van der Waals surface area contributed by atoms with Crippen molar-refractivity contribution in [2.45, 2.75) is 19.4 Å². The van der Waals surface area contributed by atoms with Gasteiger partial charge in [0.1, 0.15) is 0 Å². The first kappa shape index (κ1) is 20.9. The van der Waals surface area contributed by atoms with E-state index < -0.39 is 0 Å². The van der Waals surface area contributed by atoms with Gasteiger partial charge in [-0.15, -0.1) is 24.0 Å². The highest BCUT2D eigenvalue weighted by Gasteiger charge is 1.98. The van der Waals surface area contributed by atoms with Gasteiger partial charge in [0.25, 0.3) is 0 Å². The van der Waals surface area contributed by atoms with Gasteiger partial charge in [-0.05, 0) is 40.8 Å². The van der Waals surface area contributed by atoms with Crippen molar-refractivity contribution < 1.29 is 4.74 Å². The van der Waals surface area contributed by atoms with E-state index in [4.69, 9.17) is 4.74 Å². The molecule has 0 aliphatic rings. The van der Waals surface area contributed by atoms with E-state index in [0.29, 0.717) is 0 Å². The number of guanidine groups is 1. The lowest BCUT2D eigenvalue weighted by atomic mass is 10.2. The second-order valence-corrected chi connectivity index (χ2v) is 5.97. The Morgan fingerprint density at radius 2 is 1.92 bits per heavy atom. The van der Waals surface area contributed by atoms with Crippen LogP contribution in [0.15, 0.2) is 52.2 Å². The maximum absolute atomic E-state index is 5.67. The van der Waals surface area contributed by atoms with Crippen LogP contribution in [0.3, 0.4) is 0 Å². The molecule has 2 aromatic rings. The number of thiophene rings is 1. The Hall–Kier alpha value is -1.12. The van der Waals surface area contributed by atoms with Gasteiger partial charge in [-0.3, -0.25) is 4.99 Å². The van der Waals surface area contributed by atoms with Crippen molar-refractivity contribution in [3.63, 3.8) is 0 Å². The predicted molar refractivity (Wildman–Crippen MR) is 114 cm³/mol. The first-order valence-corrected chi connectivity index (χ1v) is 8.90. The number of ether oxygens (including phenoxy) is 1. The van der Waals surface area contributed by atoms with Gasteiger partial charge in [0, 0.05) is 26.7 Å². The minimum Gasteiger partial charge on any atom is -0.381 e. The van der Waals surface area contributed by atoms with Crippen LogP contribution in [0.2, 0.25) is 0 Å². The van der Waals surface area contributed by atoms with Crippen molar-refractivity contribution in [1.29, 1.82) is 0 Å². The van der Waals surface area contributed by atoms with E-state index in [1.54, 1.807) is 18.4 Å². The molecule has 0 atom stereocenters. The van der Waals surface area contributed by atoms with Crippen molar-refractivity contribution >= 4 is 41.3 Å². The summed E-state index contributed by atoms with van der Waals surface area (Å²) >= 11 is 1.71. The molecule has 0 aliphatic carbocycles. The number of aliphatic imine (C=N–C) groups is 1. The lowest BCUT2D eigenvalue weighted by Gasteiger charge is -2.11. The molecule has 1 aromatic carbocycles. The average molecular weight is 459 g/mol. The highest BCUT2D eigenvalue weighted by atomic mass is 127. The molecule has 6 heteroatoms. The lowest BCUT2D eigenvalue weighted by Crippen LogP contribution is -2.37. The van der Waals surface area contributed by atoms with Crippen LogP contribution in [0.1, 0.15) is 17.5 Å². The van der Waals surface area contributed by atoms with Crippen molar-refractivity contribution in [2.75, 3.05) is 26.8 Å². The summed E-state index contributed by atoms with van der Waals surface area (Å²) in [5.41, 5.74) is 2.60. The smallest absolute Gasteiger partial charge is 0.191 e. The molecule has 0 saturated carbocycles. The van der Waals surface area contributed by atoms with Gasteiger partial charge >= 0.3 is 0 Å². The first-order chi connectivity index (χ1) is 11.4. The van der Waals surface area contributed by atoms with Crippen molar-refractivity contribution in [1.82, 2.24) is 10.6 Å². The van der Waals surface area contributed by atoms with Gasteiger partial charge in [-0.1, -0.05) is 30.3 Å². The first-order valence-electron chi connectivity index (χ1n) is 7.96. The van der Waals surface area contributed by atoms with E-state index in [0.717, 1.165) is 45.1 Å². The number of nitrogens with one attached hydrogen (secondary N) is 2. The minimum atomic E-state index is 0. The maximum atomic E-state index is 5.67. The van der Waals surface area contributed by atoms with Crippen molar-refractivity contribution in [3.8, 4) is 0 Å². The highest BCUT2D eigenvalue weighted by molar-refractivity contribution is 14.0. The molecule has 0 amide bonds. The number of benzene rings is 1. The Morgan fingerprint density at radius 3 is 2.62 bits per heavy atom. The van der Waals surface area contributed by atoms with E-state index >= 15 is 0 Å². The Kier molecular flexibility index (Phi) is 11.5. The summed E-state index contributed by atoms with van der Waals surface area (Å²) in [5.74, 6) is 0.834. The Labute approximate surface area is 165 Å². The van der Waals surface area contributed by atoms with E-state index in [2.05, 4.69) is 56.7 Å². The van der Waals surface area contributed by atoms with Gasteiger partial charge in [0.05, 0.1) is 6.61 Å². The zero-order chi connectivity index (χ0) is 16.2. The molecular weight excluding hydrogens is 433 g/mol. The zero-order valence-electron chi connectivity index (χ0n) is 14.0. The molecule has 4 nitrogen and oxygen atoms in total. The summed E-state index contributed by atoms with van der Waals surface area (Å²) in [6.07, 6.45) is 1.94. The summed E-state index contributed by atoms with van der Waals surface area (Å²) in [6.45, 7) is 3.20. The number of halogens is 1. The molecule has 24 heavy (non-hydrogen) atoms. The van der Waals surface area contributed by atoms with Gasteiger partial charge in [0.15, 0.2) is 5.96 Å². The zero-order valence-corrected chi connectivity index (χ0v) is 17.2. The summed E-state index contributed by atoms with van der Waals surface area (Å²) < 4.78 is 5.67. The van der Waals surface area contributed by atoms with Crippen LogP contribution in [0.4, 0.5) is 0 Å². The quantitative estimate of drug-likeness (QED) is 0.260. The van der Waals surface area contributed by atoms with E-state index in [-0.39, 0.29) is 24.0 Å². The van der Waals surface area contributed by atoms with E-state index in [1.807, 2.05) is 6.07 Å². The van der Waals surface area contributed by atoms with Gasteiger partial charge in [0.2, 0.25) is 0 Å². The van der Waals surface area contributed by atoms with E-state index in [9.17, 15) is 0 Å². The predicted octanol–water partition coefficient (Wildman–Crippen LogP) is 3.68. The fraction of sp³-hybridized carbons (Fsp3) is 0.389. The third-order valence-corrected chi connectivity index (χ3v) is 4.13. The monoisotopic (exact) mass is 459 g/mol. The van der Waals surface area contributed by atoms with Gasteiger partial charge in [-0.25, -0.2) is 0 Å². The van der Waals surface area contributed by atoms with Crippen molar-refractivity contribution in [2.24, 2.45) is 4.99 Å². The number of hydrogen-bond donors (Lipinski definition) is 2. The molecule has 132 valence electrons. The molecule has 0 unspecified atom stereocenters. The second-order valence-electron chi connectivity index (χ2n) is 5.19. The summed E-state index contributed by atoms with van der Waals surface area (Å²) in [6, 6.07) is 12.5. The van der Waals surface area contributed by atoms with Crippen LogP contribution >= 0.6 is 35.3 Å². The Morgan fingerprint density at radius 1 is 1.08 bits per heavy atom. The maximum Gasteiger partial charge on any atom is 0.191 e. The molecule has 0 fully saturated rings. The summed E-state index contributed by atoms with van der Waals surface area (Å²) in [4.78, 5) is 4.22. The van der Waals surface area contributed by atoms with Crippen molar-refractivity contribution in [3.05, 3.63) is 58.3 Å². The molecular formula is C18H26IN3OS. The molecule has 1 heterocycles. The molecule has 0 radical (unpaired) electrons. The number of hydrogen-bond acceptors (Lipinski definition) is 3. The molecule has 0 spiro atoms. The molecule has 1 aromatic heterocycles. The molecule has 0 saturated heterocycles. The van der Waals surface area contributed by atoms with Gasteiger partial charge < -0.3 is 15.4 Å². The third kappa shape index (κ3) is 8.65. The topological polar surface area (TPSA) is 45.7 Å². The molecule has 2 N–H and O–H groups in total. The molecule has 0 bridgehead atoms. The molecule has 0 aliphatic heterocycles. The summed E-state index contributed by atoms with van der Waals surface area (Å²) in [5, 5.41) is 10.8. The fourth-order valence-electron chi connectivity index (χ4n) is 2.12. The van der Waals surface area contributed by atoms with Crippen LogP contribution < -0.4 is 10.6 Å². The Balaban J connectivity index is 0.00000288. The fourth-order valence-corrected chi connectivity index (χ4v) is 2.79. The Bertz CT molecular complexity index is 561. The standard InChI is InChI=1S/C18H25N3OS.HI/c1-19-18(21-14-17-9-13-23-15-17)20-10-5-11-22-12-8-16-6-3-2-4-7-16;/h2-4,6-7,9,13,15H,5,8,10-12,14H2,1H3,(H2,19,20,21);1H. The average Bonchev–Trinajstić information content (AvgIpc) is 3.11. The van der Waals surface area contributed by atoms with Crippen LogP contribution in [-0.4, -0.2) is 32.8 Å².